The van der Waals surface area contributed by atoms with Crippen molar-refractivity contribution in [1.82, 2.24) is 18.3 Å². The van der Waals surface area contributed by atoms with Crippen LogP contribution in [0.5, 0.6) is 0 Å². The van der Waals surface area contributed by atoms with Gasteiger partial charge >= 0.3 is 0 Å². The predicted molar refractivity (Wildman–Crippen MR) is 277 cm³/mol. The van der Waals surface area contributed by atoms with Gasteiger partial charge in [-0.1, -0.05) is 121 Å². The standard InChI is InChI=1S/C60H36N4S/c1-7-20-49-40(14-1)41-15-2-8-21-50(41)61(49)37-29-32-55-47(34-37)44-18-5-11-24-53(44)62(55)38-30-33-56-48(35-38)45-19-6-12-25-54(45)64(56)57-26-13-27-58-60(57)46-31-28-39(36-59(46)65-58)63-51-22-9-3-16-42(51)43-17-4-10-23-52(43)63/h1-36H. The Kier molecular flexibility index (Phi) is 7.07. The van der Waals surface area contributed by atoms with Crippen LogP contribution in [0.3, 0.4) is 0 Å². The number of hydrogen-bond acceptors (Lipinski definition) is 1. The van der Waals surface area contributed by atoms with Crippen molar-refractivity contribution < 1.29 is 0 Å². The van der Waals surface area contributed by atoms with Gasteiger partial charge in [0.15, 0.2) is 0 Å². The van der Waals surface area contributed by atoms with E-state index in [2.05, 4.69) is 237 Å². The topological polar surface area (TPSA) is 19.7 Å². The van der Waals surface area contributed by atoms with Crippen LogP contribution in [0.4, 0.5) is 0 Å². The largest absolute Gasteiger partial charge is 0.309 e. The summed E-state index contributed by atoms with van der Waals surface area (Å²) in [6, 6.07) is 80.7. The van der Waals surface area contributed by atoms with Gasteiger partial charge in [0.2, 0.25) is 0 Å². The molecule has 0 saturated heterocycles. The average molecular weight is 845 g/mol. The summed E-state index contributed by atoms with van der Waals surface area (Å²) in [6.07, 6.45) is 0. The molecule has 0 aliphatic rings. The Morgan fingerprint density at radius 2 is 0.585 bits per heavy atom. The lowest BCUT2D eigenvalue weighted by Crippen LogP contribution is -1.97. The zero-order chi connectivity index (χ0) is 42.3. The first-order chi connectivity index (χ1) is 32.3. The highest BCUT2D eigenvalue weighted by Gasteiger charge is 2.21. The Morgan fingerprint density at radius 3 is 1.05 bits per heavy atom. The fourth-order valence-electron chi connectivity index (χ4n) is 11.3. The molecular formula is C60H36N4S. The van der Waals surface area contributed by atoms with Gasteiger partial charge in [-0.25, -0.2) is 0 Å². The van der Waals surface area contributed by atoms with Gasteiger partial charge in [-0.3, -0.25) is 0 Å². The molecule has 0 atom stereocenters. The maximum Gasteiger partial charge on any atom is 0.0555 e. The molecule has 5 aromatic heterocycles. The van der Waals surface area contributed by atoms with E-state index in [9.17, 15) is 0 Å². The third-order valence-electron chi connectivity index (χ3n) is 13.9. The van der Waals surface area contributed by atoms with Gasteiger partial charge in [0, 0.05) is 80.3 Å². The first-order valence-corrected chi connectivity index (χ1v) is 23.1. The molecular weight excluding hydrogens is 809 g/mol. The van der Waals surface area contributed by atoms with Crippen LogP contribution in [0, 0.1) is 0 Å². The number of rotatable bonds is 4. The van der Waals surface area contributed by atoms with E-state index in [1.807, 2.05) is 11.3 Å². The van der Waals surface area contributed by atoms with Crippen LogP contribution >= 0.6 is 11.3 Å². The second-order valence-electron chi connectivity index (χ2n) is 17.3. The lowest BCUT2D eigenvalue weighted by atomic mass is 10.1. The van der Waals surface area contributed by atoms with Crippen LogP contribution in [0.25, 0.3) is 130 Å². The van der Waals surface area contributed by atoms with Crippen LogP contribution in [0.15, 0.2) is 218 Å². The van der Waals surface area contributed by atoms with E-state index in [1.54, 1.807) is 0 Å². The van der Waals surface area contributed by atoms with Crippen LogP contribution < -0.4 is 0 Å². The molecule has 0 N–H and O–H groups in total. The predicted octanol–water partition coefficient (Wildman–Crippen LogP) is 16.4. The van der Waals surface area contributed by atoms with Gasteiger partial charge in [0.05, 0.1) is 49.8 Å². The molecule has 302 valence electrons. The zero-order valence-electron chi connectivity index (χ0n) is 35.0. The van der Waals surface area contributed by atoms with Crippen molar-refractivity contribution in [3.8, 4) is 22.7 Å². The van der Waals surface area contributed by atoms with E-state index in [1.165, 1.54) is 119 Å². The number of hydrogen-bond donors (Lipinski definition) is 0. The normalized spacial score (nSPS) is 12.3. The quantitative estimate of drug-likeness (QED) is 0.168. The van der Waals surface area contributed by atoms with Crippen molar-refractivity contribution >= 4 is 119 Å². The number of thiophene rings is 1. The summed E-state index contributed by atoms with van der Waals surface area (Å²) < 4.78 is 12.3. The molecule has 0 spiro atoms. The van der Waals surface area contributed by atoms with E-state index in [4.69, 9.17) is 0 Å². The van der Waals surface area contributed by atoms with E-state index < -0.39 is 0 Å². The Bertz CT molecular complexity index is 4380. The SMILES string of the molecule is c1cc(-n2c3ccccc3c3cc(-n4c5ccccc5c5cc(-n6c7ccccc7c7ccccc76)ccc54)ccc32)c2c(c1)sc1cc(-n3c4ccccc4c4ccccc43)ccc12. The van der Waals surface area contributed by atoms with Gasteiger partial charge < -0.3 is 18.3 Å². The Hall–Kier alpha value is -8.38. The molecule has 0 bridgehead atoms. The van der Waals surface area contributed by atoms with Crippen LogP contribution in [-0.2, 0) is 0 Å². The highest BCUT2D eigenvalue weighted by Crippen LogP contribution is 2.44. The maximum atomic E-state index is 2.49. The number of para-hydroxylation sites is 6. The second kappa shape index (κ2) is 13.1. The summed E-state index contributed by atoms with van der Waals surface area (Å²) in [5, 5.41) is 12.6. The van der Waals surface area contributed by atoms with Crippen molar-refractivity contribution in [3.05, 3.63) is 218 Å². The molecule has 5 heteroatoms. The van der Waals surface area contributed by atoms with E-state index >= 15 is 0 Å². The molecule has 0 amide bonds. The van der Waals surface area contributed by atoms with Crippen LogP contribution in [0.2, 0.25) is 0 Å². The first-order valence-electron chi connectivity index (χ1n) is 22.3. The number of nitrogens with zero attached hydrogens (tertiary/aromatic N) is 4. The summed E-state index contributed by atoms with van der Waals surface area (Å²) in [5.74, 6) is 0. The van der Waals surface area contributed by atoms with Crippen molar-refractivity contribution in [2.24, 2.45) is 0 Å². The monoisotopic (exact) mass is 844 g/mol. The van der Waals surface area contributed by atoms with E-state index in [0.717, 1.165) is 11.4 Å². The zero-order valence-corrected chi connectivity index (χ0v) is 35.8. The van der Waals surface area contributed by atoms with Crippen molar-refractivity contribution in [3.63, 3.8) is 0 Å². The minimum absolute atomic E-state index is 1.15. The molecule has 15 rings (SSSR count). The molecule has 65 heavy (non-hydrogen) atoms. The molecule has 0 aliphatic heterocycles. The fourth-order valence-corrected chi connectivity index (χ4v) is 12.4. The summed E-state index contributed by atoms with van der Waals surface area (Å²) in [6.45, 7) is 0. The molecule has 10 aromatic carbocycles. The van der Waals surface area contributed by atoms with Crippen LogP contribution in [0.1, 0.15) is 0 Å². The van der Waals surface area contributed by atoms with Gasteiger partial charge in [-0.2, -0.15) is 0 Å². The molecule has 0 fully saturated rings. The van der Waals surface area contributed by atoms with E-state index in [0.29, 0.717) is 0 Å². The fraction of sp³-hybridized carbons (Fsp3) is 0. The third kappa shape index (κ3) is 4.79. The average Bonchev–Trinajstić information content (AvgIpc) is 4.16. The molecule has 4 nitrogen and oxygen atoms in total. The molecule has 15 aromatic rings. The minimum atomic E-state index is 1.15. The minimum Gasteiger partial charge on any atom is -0.309 e. The Balaban J connectivity index is 0.915. The molecule has 0 radical (unpaired) electrons. The highest BCUT2D eigenvalue weighted by atomic mass is 32.1. The first kappa shape index (κ1) is 35.1. The lowest BCUT2D eigenvalue weighted by molar-refractivity contribution is 1.16. The van der Waals surface area contributed by atoms with Crippen molar-refractivity contribution in [1.29, 1.82) is 0 Å². The summed E-state index contributed by atoms with van der Waals surface area (Å²) in [4.78, 5) is 0. The van der Waals surface area contributed by atoms with Crippen molar-refractivity contribution in [2.45, 2.75) is 0 Å². The Morgan fingerprint density at radius 1 is 0.231 bits per heavy atom. The molecule has 0 unspecified atom stereocenters. The van der Waals surface area contributed by atoms with Crippen molar-refractivity contribution in [2.75, 3.05) is 0 Å². The number of benzene rings is 10. The smallest absolute Gasteiger partial charge is 0.0555 e. The van der Waals surface area contributed by atoms with Gasteiger partial charge in [0.25, 0.3) is 0 Å². The molecule has 0 saturated carbocycles. The Labute approximate surface area is 376 Å². The molecule has 0 aliphatic carbocycles. The number of aromatic nitrogens is 4. The summed E-state index contributed by atoms with van der Waals surface area (Å²) in [7, 11) is 0. The lowest BCUT2D eigenvalue weighted by Gasteiger charge is -2.12. The van der Waals surface area contributed by atoms with Gasteiger partial charge in [-0.15, -0.1) is 11.3 Å². The van der Waals surface area contributed by atoms with Crippen LogP contribution in [-0.4, -0.2) is 18.3 Å². The summed E-state index contributed by atoms with van der Waals surface area (Å²) in [5.41, 5.74) is 14.4. The third-order valence-corrected chi connectivity index (χ3v) is 15.1. The maximum absolute atomic E-state index is 2.49. The second-order valence-corrected chi connectivity index (χ2v) is 18.4. The summed E-state index contributed by atoms with van der Waals surface area (Å²) >= 11 is 1.88. The van der Waals surface area contributed by atoms with Gasteiger partial charge in [0.1, 0.15) is 0 Å². The number of fused-ring (bicyclic) bond motifs is 15. The highest BCUT2D eigenvalue weighted by molar-refractivity contribution is 7.26. The van der Waals surface area contributed by atoms with Gasteiger partial charge in [-0.05, 0) is 97.1 Å². The van der Waals surface area contributed by atoms with E-state index in [-0.39, 0.29) is 0 Å². The molecule has 5 heterocycles.